The van der Waals surface area contributed by atoms with E-state index in [1.807, 2.05) is 29.8 Å². The van der Waals surface area contributed by atoms with Crippen molar-refractivity contribution in [3.63, 3.8) is 0 Å². The molecule has 0 saturated carbocycles. The molecule has 2 rings (SSSR count). The Balaban J connectivity index is 1.99. The third-order valence-electron chi connectivity index (χ3n) is 2.84. The summed E-state index contributed by atoms with van der Waals surface area (Å²) in [6.45, 7) is 2.02. The van der Waals surface area contributed by atoms with Crippen molar-refractivity contribution in [2.24, 2.45) is 0 Å². The molecule has 2 aromatic rings. The third-order valence-corrected chi connectivity index (χ3v) is 4.87. The number of hydrogen-bond acceptors (Lipinski definition) is 5. The molecule has 0 aliphatic rings. The number of aromatic nitrogens is 1. The minimum absolute atomic E-state index is 0.121. The number of aryl methyl sites for hydroxylation is 1. The summed E-state index contributed by atoms with van der Waals surface area (Å²) in [4.78, 5) is 28.2. The van der Waals surface area contributed by atoms with Gasteiger partial charge in [-0.05, 0) is 17.9 Å². The van der Waals surface area contributed by atoms with Gasteiger partial charge in [-0.25, -0.2) is 4.98 Å². The quantitative estimate of drug-likeness (QED) is 0.820. The number of amides is 1. The zero-order valence-electron chi connectivity index (χ0n) is 11.5. The smallest absolute Gasteiger partial charge is 0.305 e. The van der Waals surface area contributed by atoms with Crippen molar-refractivity contribution >= 4 is 34.6 Å². The van der Waals surface area contributed by atoms with Gasteiger partial charge in [-0.2, -0.15) is 0 Å². The van der Waals surface area contributed by atoms with Crippen LogP contribution < -0.4 is 5.32 Å². The van der Waals surface area contributed by atoms with Crippen molar-refractivity contribution in [3.8, 4) is 0 Å². The first kappa shape index (κ1) is 15.7. The van der Waals surface area contributed by atoms with Crippen LogP contribution in [0.3, 0.4) is 0 Å². The summed E-state index contributed by atoms with van der Waals surface area (Å²) in [7, 11) is 0. The summed E-state index contributed by atoms with van der Waals surface area (Å²) in [6.07, 6.45) is 0.907. The zero-order chi connectivity index (χ0) is 15.2. The fourth-order valence-corrected chi connectivity index (χ4v) is 3.41. The predicted molar refractivity (Wildman–Crippen MR) is 82.7 cm³/mol. The number of rotatable bonds is 7. The summed E-state index contributed by atoms with van der Waals surface area (Å²) in [6, 6.07) is 3.19. The maximum atomic E-state index is 12.1. The Morgan fingerprint density at radius 1 is 1.43 bits per heavy atom. The van der Waals surface area contributed by atoms with Crippen LogP contribution in [-0.4, -0.2) is 22.0 Å². The lowest BCUT2D eigenvalue weighted by molar-refractivity contribution is -0.137. The molecule has 0 unspecified atom stereocenters. The largest absolute Gasteiger partial charge is 0.481 e. The molecule has 2 heterocycles. The van der Waals surface area contributed by atoms with Crippen LogP contribution in [0.15, 0.2) is 22.9 Å². The van der Waals surface area contributed by atoms with Crippen LogP contribution >= 0.6 is 22.7 Å². The van der Waals surface area contributed by atoms with Crippen molar-refractivity contribution in [1.29, 1.82) is 0 Å². The maximum absolute atomic E-state index is 12.1. The summed E-state index contributed by atoms with van der Waals surface area (Å²) in [5, 5.41) is 16.5. The number of nitrogens with zero attached hydrogens (tertiary/aromatic N) is 1. The van der Waals surface area contributed by atoms with E-state index < -0.39 is 12.0 Å². The highest BCUT2D eigenvalue weighted by molar-refractivity contribution is 7.10. The summed E-state index contributed by atoms with van der Waals surface area (Å²) >= 11 is 2.97. The summed E-state index contributed by atoms with van der Waals surface area (Å²) < 4.78 is 0. The van der Waals surface area contributed by atoms with E-state index in [2.05, 4.69) is 10.3 Å². The fourth-order valence-electron chi connectivity index (χ4n) is 1.89. The van der Waals surface area contributed by atoms with Crippen LogP contribution in [0, 0.1) is 0 Å². The van der Waals surface area contributed by atoms with Gasteiger partial charge in [0.2, 0.25) is 5.91 Å². The fraction of sp³-hybridized carbons (Fsp3) is 0.357. The van der Waals surface area contributed by atoms with Gasteiger partial charge in [-0.3, -0.25) is 9.59 Å². The number of hydrogen-bond donors (Lipinski definition) is 2. The van der Waals surface area contributed by atoms with E-state index in [1.54, 1.807) is 0 Å². The number of carboxylic acids is 1. The Morgan fingerprint density at radius 2 is 2.24 bits per heavy atom. The molecule has 0 fully saturated rings. The lowest BCUT2D eigenvalue weighted by atomic mass is 10.1. The van der Waals surface area contributed by atoms with E-state index in [0.29, 0.717) is 0 Å². The van der Waals surface area contributed by atoms with E-state index in [1.165, 1.54) is 22.7 Å². The van der Waals surface area contributed by atoms with Gasteiger partial charge >= 0.3 is 5.97 Å². The Hall–Kier alpha value is -1.73. The number of carbonyl (C=O) groups excluding carboxylic acids is 1. The van der Waals surface area contributed by atoms with Crippen LogP contribution in [0.5, 0.6) is 0 Å². The van der Waals surface area contributed by atoms with Gasteiger partial charge in [0.05, 0.1) is 29.6 Å². The first-order valence-electron chi connectivity index (χ1n) is 6.56. The predicted octanol–water partition coefficient (Wildman–Crippen LogP) is 2.64. The summed E-state index contributed by atoms with van der Waals surface area (Å²) in [5.74, 6) is -1.14. The zero-order valence-corrected chi connectivity index (χ0v) is 13.2. The van der Waals surface area contributed by atoms with Gasteiger partial charge in [0.25, 0.3) is 0 Å². The second-order valence-corrected chi connectivity index (χ2v) is 6.42. The molecule has 21 heavy (non-hydrogen) atoms. The van der Waals surface area contributed by atoms with Crippen molar-refractivity contribution in [2.75, 3.05) is 0 Å². The lowest BCUT2D eigenvalue weighted by Crippen LogP contribution is -2.31. The number of carbonyl (C=O) groups is 2. The standard InChI is InChI=1S/C14H16N2O3S2/c1-2-13-15-9(8-21-13)6-12(17)16-10(7-14(18)19)11-4-3-5-20-11/h3-5,8,10H,2,6-7H2,1H3,(H,16,17)(H,18,19)/t10-/m1/s1. The van der Waals surface area contributed by atoms with Crippen LogP contribution in [0.2, 0.25) is 0 Å². The van der Waals surface area contributed by atoms with Crippen molar-refractivity contribution in [1.82, 2.24) is 10.3 Å². The molecule has 0 bridgehead atoms. The Bertz CT molecular complexity index is 608. The minimum Gasteiger partial charge on any atom is -0.481 e. The maximum Gasteiger partial charge on any atom is 0.305 e. The first-order chi connectivity index (χ1) is 10.1. The highest BCUT2D eigenvalue weighted by Gasteiger charge is 2.19. The van der Waals surface area contributed by atoms with Crippen molar-refractivity contribution < 1.29 is 14.7 Å². The van der Waals surface area contributed by atoms with Gasteiger partial charge in [-0.15, -0.1) is 22.7 Å². The Kier molecular flexibility index (Phi) is 5.46. The highest BCUT2D eigenvalue weighted by atomic mass is 32.1. The number of aliphatic carboxylic acids is 1. The molecule has 2 aromatic heterocycles. The number of thiazole rings is 1. The Labute approximate surface area is 130 Å². The van der Waals surface area contributed by atoms with E-state index in [0.717, 1.165) is 22.0 Å². The molecule has 7 heteroatoms. The molecule has 5 nitrogen and oxygen atoms in total. The molecule has 2 N–H and O–H groups in total. The van der Waals surface area contributed by atoms with Crippen LogP contribution in [-0.2, 0) is 22.4 Å². The molecule has 0 aliphatic carbocycles. The normalized spacial score (nSPS) is 12.0. The monoisotopic (exact) mass is 324 g/mol. The minimum atomic E-state index is -0.935. The average molecular weight is 324 g/mol. The van der Waals surface area contributed by atoms with E-state index in [-0.39, 0.29) is 18.7 Å². The molecular weight excluding hydrogens is 308 g/mol. The number of nitrogens with one attached hydrogen (secondary N) is 1. The molecule has 0 radical (unpaired) electrons. The van der Waals surface area contributed by atoms with Gasteiger partial charge in [0.15, 0.2) is 0 Å². The third kappa shape index (κ3) is 4.64. The van der Waals surface area contributed by atoms with Gasteiger partial charge in [0, 0.05) is 10.3 Å². The molecule has 0 spiro atoms. The van der Waals surface area contributed by atoms with Gasteiger partial charge < -0.3 is 10.4 Å². The molecule has 0 aliphatic heterocycles. The number of carboxylic acid groups (broad SMARTS) is 1. The van der Waals surface area contributed by atoms with Gasteiger partial charge in [-0.1, -0.05) is 13.0 Å². The van der Waals surface area contributed by atoms with Crippen LogP contribution in [0.25, 0.3) is 0 Å². The van der Waals surface area contributed by atoms with E-state index in [9.17, 15) is 9.59 Å². The second-order valence-electron chi connectivity index (χ2n) is 4.50. The number of thiophene rings is 1. The SMILES string of the molecule is CCc1nc(CC(=O)N[C@H](CC(=O)O)c2cccs2)cs1. The van der Waals surface area contributed by atoms with Crippen LogP contribution in [0.1, 0.15) is 35.0 Å². The lowest BCUT2D eigenvalue weighted by Gasteiger charge is -2.15. The molecule has 1 amide bonds. The molecule has 1 atom stereocenters. The van der Waals surface area contributed by atoms with Crippen molar-refractivity contribution in [3.05, 3.63) is 38.5 Å². The van der Waals surface area contributed by atoms with Crippen LogP contribution in [0.4, 0.5) is 0 Å². The topological polar surface area (TPSA) is 79.3 Å². The molecule has 0 aromatic carbocycles. The molecule has 112 valence electrons. The average Bonchev–Trinajstić information content (AvgIpc) is 3.08. The highest BCUT2D eigenvalue weighted by Crippen LogP contribution is 2.22. The van der Waals surface area contributed by atoms with Gasteiger partial charge in [0.1, 0.15) is 0 Å². The van der Waals surface area contributed by atoms with E-state index in [4.69, 9.17) is 5.11 Å². The van der Waals surface area contributed by atoms with Crippen molar-refractivity contribution in [2.45, 2.75) is 32.2 Å². The molecule has 0 saturated heterocycles. The summed E-state index contributed by atoms with van der Waals surface area (Å²) in [5.41, 5.74) is 0.731. The first-order valence-corrected chi connectivity index (χ1v) is 8.32. The Morgan fingerprint density at radius 3 is 2.81 bits per heavy atom. The molecular formula is C14H16N2O3S2. The van der Waals surface area contributed by atoms with E-state index >= 15 is 0 Å². The second kappa shape index (κ2) is 7.33.